The molecule has 0 fully saturated rings. The van der Waals surface area contributed by atoms with Crippen molar-refractivity contribution in [3.8, 4) is 0 Å². The Hall–Kier alpha value is -1.33. The molecule has 0 atom stereocenters. The van der Waals surface area contributed by atoms with Crippen LogP contribution >= 0.6 is 11.6 Å². The standard InChI is InChI=1S/C9H11ClN4O/c10-7-2-3-8-12-9(11-4-1-5-15)13-14(8)6-7/h2-3,6,15H,1,4-5H2,(H,11,13). The van der Waals surface area contributed by atoms with Crippen LogP contribution in [0, 0.1) is 0 Å². The first-order valence-electron chi connectivity index (χ1n) is 4.66. The largest absolute Gasteiger partial charge is 0.396 e. The molecule has 2 aromatic heterocycles. The second-order valence-corrected chi connectivity index (χ2v) is 3.53. The predicted molar refractivity (Wildman–Crippen MR) is 58.2 cm³/mol. The van der Waals surface area contributed by atoms with Crippen LogP contribution in [0.4, 0.5) is 5.95 Å². The topological polar surface area (TPSA) is 62.5 Å². The van der Waals surface area contributed by atoms with Gasteiger partial charge >= 0.3 is 0 Å². The van der Waals surface area contributed by atoms with Gasteiger partial charge in [0.1, 0.15) is 0 Å². The molecule has 0 radical (unpaired) electrons. The smallest absolute Gasteiger partial charge is 0.243 e. The van der Waals surface area contributed by atoms with Crippen molar-refractivity contribution in [1.82, 2.24) is 14.6 Å². The van der Waals surface area contributed by atoms with Gasteiger partial charge in [-0.1, -0.05) is 11.6 Å². The summed E-state index contributed by atoms with van der Waals surface area (Å²) >= 11 is 5.81. The number of hydrogen-bond donors (Lipinski definition) is 2. The fraction of sp³-hybridized carbons (Fsp3) is 0.333. The van der Waals surface area contributed by atoms with Crippen molar-refractivity contribution < 1.29 is 5.11 Å². The lowest BCUT2D eigenvalue weighted by Gasteiger charge is -1.96. The molecule has 2 aromatic rings. The van der Waals surface area contributed by atoms with E-state index in [-0.39, 0.29) is 6.61 Å². The molecule has 0 aliphatic carbocycles. The van der Waals surface area contributed by atoms with Crippen molar-refractivity contribution in [2.75, 3.05) is 18.5 Å². The third-order valence-corrected chi connectivity index (χ3v) is 2.14. The molecule has 2 rings (SSSR count). The molecule has 0 saturated heterocycles. The van der Waals surface area contributed by atoms with E-state index in [1.54, 1.807) is 22.8 Å². The second kappa shape index (κ2) is 4.46. The third-order valence-electron chi connectivity index (χ3n) is 1.91. The van der Waals surface area contributed by atoms with E-state index >= 15 is 0 Å². The minimum absolute atomic E-state index is 0.159. The normalized spacial score (nSPS) is 10.8. The van der Waals surface area contributed by atoms with E-state index in [9.17, 15) is 0 Å². The third kappa shape index (κ3) is 2.37. The Labute approximate surface area is 91.7 Å². The molecular formula is C9H11ClN4O. The van der Waals surface area contributed by atoms with E-state index in [1.807, 2.05) is 0 Å². The summed E-state index contributed by atoms with van der Waals surface area (Å²) in [7, 11) is 0. The minimum atomic E-state index is 0.159. The van der Waals surface area contributed by atoms with Gasteiger partial charge in [-0.2, -0.15) is 4.98 Å². The molecule has 5 nitrogen and oxygen atoms in total. The van der Waals surface area contributed by atoms with Gasteiger partial charge < -0.3 is 10.4 Å². The first-order valence-corrected chi connectivity index (χ1v) is 5.04. The van der Waals surface area contributed by atoms with Gasteiger partial charge in [-0.3, -0.25) is 0 Å². The number of aromatic nitrogens is 3. The van der Waals surface area contributed by atoms with Crippen molar-refractivity contribution in [3.63, 3.8) is 0 Å². The average molecular weight is 227 g/mol. The predicted octanol–water partition coefficient (Wildman–Crippen LogP) is 1.18. The van der Waals surface area contributed by atoms with Gasteiger partial charge in [0.05, 0.1) is 5.02 Å². The van der Waals surface area contributed by atoms with E-state index in [4.69, 9.17) is 16.7 Å². The quantitative estimate of drug-likeness (QED) is 0.769. The van der Waals surface area contributed by atoms with Crippen LogP contribution in [0.1, 0.15) is 6.42 Å². The average Bonchev–Trinajstić information content (AvgIpc) is 2.60. The highest BCUT2D eigenvalue weighted by atomic mass is 35.5. The SMILES string of the molecule is OCCCNc1nc2ccc(Cl)cn2n1. The number of nitrogens with one attached hydrogen (secondary N) is 1. The summed E-state index contributed by atoms with van der Waals surface area (Å²) in [4.78, 5) is 4.23. The molecule has 0 amide bonds. The Balaban J connectivity index is 2.16. The zero-order valence-electron chi connectivity index (χ0n) is 8.02. The van der Waals surface area contributed by atoms with Gasteiger partial charge in [0.15, 0.2) is 5.65 Å². The molecule has 2 N–H and O–H groups in total. The highest BCUT2D eigenvalue weighted by Crippen LogP contribution is 2.11. The first kappa shape index (κ1) is 10.2. The summed E-state index contributed by atoms with van der Waals surface area (Å²) in [6, 6.07) is 3.57. The number of rotatable bonds is 4. The molecule has 0 saturated carbocycles. The van der Waals surface area contributed by atoms with Gasteiger partial charge in [0.25, 0.3) is 0 Å². The molecule has 2 heterocycles. The fourth-order valence-electron chi connectivity index (χ4n) is 1.21. The van der Waals surface area contributed by atoms with Crippen molar-refractivity contribution >= 4 is 23.2 Å². The summed E-state index contributed by atoms with van der Waals surface area (Å²) in [5.74, 6) is 0.547. The molecule has 0 unspecified atom stereocenters. The van der Waals surface area contributed by atoms with Gasteiger partial charge in [-0.15, -0.1) is 5.10 Å². The lowest BCUT2D eigenvalue weighted by atomic mass is 10.4. The van der Waals surface area contributed by atoms with E-state index < -0.39 is 0 Å². The Morgan fingerprint density at radius 1 is 1.47 bits per heavy atom. The Kier molecular flexibility index (Phi) is 3.03. The summed E-state index contributed by atoms with van der Waals surface area (Å²) in [6.45, 7) is 0.813. The summed E-state index contributed by atoms with van der Waals surface area (Å²) < 4.78 is 1.61. The highest BCUT2D eigenvalue weighted by Gasteiger charge is 2.02. The maximum Gasteiger partial charge on any atom is 0.243 e. The van der Waals surface area contributed by atoms with Crippen LogP contribution in [0.25, 0.3) is 5.65 Å². The maximum absolute atomic E-state index is 8.62. The van der Waals surface area contributed by atoms with E-state index in [1.165, 1.54) is 0 Å². The molecule has 6 heteroatoms. The van der Waals surface area contributed by atoms with Crippen LogP contribution in [0.3, 0.4) is 0 Å². The van der Waals surface area contributed by atoms with Crippen molar-refractivity contribution in [2.45, 2.75) is 6.42 Å². The van der Waals surface area contributed by atoms with E-state index in [0.717, 1.165) is 5.65 Å². The van der Waals surface area contributed by atoms with E-state index in [2.05, 4.69) is 15.4 Å². The van der Waals surface area contributed by atoms with Gasteiger partial charge in [0.2, 0.25) is 5.95 Å². The summed E-state index contributed by atoms with van der Waals surface area (Å²) in [5, 5.41) is 16.4. The van der Waals surface area contributed by atoms with Crippen LogP contribution in [-0.4, -0.2) is 32.9 Å². The lowest BCUT2D eigenvalue weighted by molar-refractivity contribution is 0.292. The molecule has 80 valence electrons. The van der Waals surface area contributed by atoms with Crippen LogP contribution < -0.4 is 5.32 Å². The van der Waals surface area contributed by atoms with Gasteiger partial charge in [-0.25, -0.2) is 4.52 Å². The monoisotopic (exact) mass is 226 g/mol. The molecule has 15 heavy (non-hydrogen) atoms. The van der Waals surface area contributed by atoms with Crippen LogP contribution in [0.5, 0.6) is 0 Å². The molecular weight excluding hydrogens is 216 g/mol. The number of fused-ring (bicyclic) bond motifs is 1. The number of halogens is 1. The maximum atomic E-state index is 8.62. The van der Waals surface area contributed by atoms with E-state index in [0.29, 0.717) is 23.9 Å². The second-order valence-electron chi connectivity index (χ2n) is 3.09. The zero-order valence-corrected chi connectivity index (χ0v) is 8.78. The summed E-state index contributed by atoms with van der Waals surface area (Å²) in [5.41, 5.74) is 0.742. The first-order chi connectivity index (χ1) is 7.29. The number of pyridine rings is 1. The van der Waals surface area contributed by atoms with Crippen LogP contribution in [0.15, 0.2) is 18.3 Å². The fourth-order valence-corrected chi connectivity index (χ4v) is 1.37. The van der Waals surface area contributed by atoms with Gasteiger partial charge in [0, 0.05) is 19.3 Å². The molecule has 0 spiro atoms. The Morgan fingerprint density at radius 3 is 3.13 bits per heavy atom. The molecule has 0 aliphatic rings. The van der Waals surface area contributed by atoms with Crippen molar-refractivity contribution in [1.29, 1.82) is 0 Å². The van der Waals surface area contributed by atoms with Crippen molar-refractivity contribution in [3.05, 3.63) is 23.4 Å². The van der Waals surface area contributed by atoms with Crippen LogP contribution in [-0.2, 0) is 0 Å². The van der Waals surface area contributed by atoms with Crippen LogP contribution in [0.2, 0.25) is 5.02 Å². The number of anilines is 1. The number of nitrogens with zero attached hydrogens (tertiary/aromatic N) is 3. The highest BCUT2D eigenvalue weighted by molar-refractivity contribution is 6.30. The summed E-state index contributed by atoms with van der Waals surface area (Å²) in [6.07, 6.45) is 2.37. The van der Waals surface area contributed by atoms with Crippen molar-refractivity contribution in [2.24, 2.45) is 0 Å². The number of hydrogen-bond acceptors (Lipinski definition) is 4. The number of aliphatic hydroxyl groups is 1. The minimum Gasteiger partial charge on any atom is -0.396 e. The Morgan fingerprint density at radius 2 is 2.33 bits per heavy atom. The number of aliphatic hydroxyl groups excluding tert-OH is 1. The zero-order chi connectivity index (χ0) is 10.7. The molecule has 0 aliphatic heterocycles. The van der Waals surface area contributed by atoms with Gasteiger partial charge in [-0.05, 0) is 18.6 Å². The Bertz CT molecular complexity index is 456. The molecule has 0 bridgehead atoms. The lowest BCUT2D eigenvalue weighted by Crippen LogP contribution is -2.04. The molecule has 0 aromatic carbocycles.